The van der Waals surface area contributed by atoms with E-state index in [1.165, 1.54) is 16.3 Å². The van der Waals surface area contributed by atoms with Crippen LogP contribution in [0, 0.1) is 15.4 Å². The smallest absolute Gasteiger partial charge is 0.305 e. The molecule has 258 valence electrons. The first kappa shape index (κ1) is 34.4. The average molecular weight is 783 g/mol. The van der Waals surface area contributed by atoms with Crippen LogP contribution in [0.2, 0.25) is 0 Å². The zero-order valence-electron chi connectivity index (χ0n) is 29.7. The lowest BCUT2D eigenvalue weighted by molar-refractivity contribution is -0.140. The van der Waals surface area contributed by atoms with Crippen molar-refractivity contribution in [1.29, 1.82) is 0 Å². The maximum atomic E-state index is 12.4. The zero-order chi connectivity index (χ0) is 35.4. The molecule has 5 aliphatic heterocycles. The van der Waals surface area contributed by atoms with Crippen LogP contribution in [0.25, 0.3) is 0 Å². The summed E-state index contributed by atoms with van der Waals surface area (Å²) in [6, 6.07) is 8.38. The van der Waals surface area contributed by atoms with Crippen LogP contribution in [0.15, 0.2) is 131 Å². The molecule has 8 bridgehead atoms. The lowest BCUT2D eigenvalue weighted by Crippen LogP contribution is -2.16. The van der Waals surface area contributed by atoms with E-state index in [-0.39, 0.29) is 23.9 Å². The predicted molar refractivity (Wildman–Crippen MR) is 207 cm³/mol. The maximum absolute atomic E-state index is 12.4. The van der Waals surface area contributed by atoms with Crippen molar-refractivity contribution in [3.63, 3.8) is 0 Å². The van der Waals surface area contributed by atoms with E-state index in [0.717, 1.165) is 91.0 Å². The van der Waals surface area contributed by atoms with Gasteiger partial charge in [0.1, 0.15) is 5.76 Å². The molecule has 1 fully saturated rings. The number of halogens is 1. The molecule has 0 aromatic heterocycles. The number of aliphatic hydroxyl groups is 1. The number of allylic oxidation sites excluding steroid dienone is 11. The molecule has 0 amide bonds. The van der Waals surface area contributed by atoms with Gasteiger partial charge in [-0.05, 0) is 121 Å². The van der Waals surface area contributed by atoms with Gasteiger partial charge in [0.15, 0.2) is 0 Å². The number of hydrogen-bond donors (Lipinski definition) is 2. The first-order valence-corrected chi connectivity index (χ1v) is 18.5. The van der Waals surface area contributed by atoms with Crippen LogP contribution in [-0.4, -0.2) is 41.4 Å². The van der Waals surface area contributed by atoms with Crippen molar-refractivity contribution in [3.8, 4) is 0 Å². The van der Waals surface area contributed by atoms with Crippen LogP contribution in [0.3, 0.4) is 0 Å². The Morgan fingerprint density at radius 2 is 1.82 bits per heavy atom. The first-order chi connectivity index (χ1) is 24.0. The van der Waals surface area contributed by atoms with Gasteiger partial charge in [0.2, 0.25) is 0 Å². The van der Waals surface area contributed by atoms with Gasteiger partial charge < -0.3 is 19.9 Å². The number of rotatable bonds is 8. The molecule has 0 radical (unpaired) electrons. The molecule has 3 atom stereocenters. The van der Waals surface area contributed by atoms with Crippen molar-refractivity contribution in [2.75, 3.05) is 7.11 Å². The Morgan fingerprint density at radius 1 is 1.06 bits per heavy atom. The van der Waals surface area contributed by atoms with Crippen LogP contribution in [0.4, 0.5) is 0 Å². The van der Waals surface area contributed by atoms with Crippen molar-refractivity contribution in [2.24, 2.45) is 26.8 Å². The van der Waals surface area contributed by atoms with E-state index in [4.69, 9.17) is 24.5 Å². The monoisotopic (exact) mass is 782 g/mol. The molecule has 9 heteroatoms. The molecule has 1 saturated heterocycles. The van der Waals surface area contributed by atoms with E-state index >= 15 is 0 Å². The van der Waals surface area contributed by atoms with Gasteiger partial charge in [0, 0.05) is 56.4 Å². The highest BCUT2D eigenvalue weighted by atomic mass is 127. The van der Waals surface area contributed by atoms with E-state index in [1.54, 1.807) is 0 Å². The van der Waals surface area contributed by atoms with Gasteiger partial charge in [0.25, 0.3) is 0 Å². The number of benzene rings is 1. The summed E-state index contributed by atoms with van der Waals surface area (Å²) >= 11 is 2.33. The third-order valence-corrected chi connectivity index (χ3v) is 11.5. The van der Waals surface area contributed by atoms with Gasteiger partial charge in [-0.15, -0.1) is 0 Å². The second kappa shape index (κ2) is 13.6. The number of aliphatic imine (C=N–C) groups is 3. The largest absolute Gasteiger partial charge is 0.511 e. The molecule has 1 aromatic rings. The van der Waals surface area contributed by atoms with Crippen molar-refractivity contribution >= 4 is 45.7 Å². The normalized spacial score (nSPS) is 23.3. The summed E-state index contributed by atoms with van der Waals surface area (Å²) < 4.78 is 12.7. The minimum Gasteiger partial charge on any atom is -0.511 e. The first-order valence-electron chi connectivity index (χ1n) is 17.4. The fourth-order valence-electron chi connectivity index (χ4n) is 7.94. The molecule has 0 spiro atoms. The number of carbonyl (C=O) groups is 1. The van der Waals surface area contributed by atoms with Crippen molar-refractivity contribution < 1.29 is 19.4 Å². The summed E-state index contributed by atoms with van der Waals surface area (Å²) in [7, 11) is 1.43. The van der Waals surface area contributed by atoms with E-state index in [9.17, 15) is 9.90 Å². The number of hydrogen-bond acceptors (Lipinski definition) is 8. The molecule has 1 aliphatic carbocycles. The molecule has 1 aromatic carbocycles. The lowest BCUT2D eigenvalue weighted by atomic mass is 9.86. The Balaban J connectivity index is 1.38. The molecule has 7 rings (SSSR count). The fraction of sp³-hybridized carbons (Fsp3) is 0.366. The summed E-state index contributed by atoms with van der Waals surface area (Å²) in [6.45, 7) is 13.2. The molecule has 2 N–H and O–H groups in total. The number of nitrogens with zero attached hydrogens (tertiary/aromatic N) is 3. The van der Waals surface area contributed by atoms with Crippen LogP contribution in [0.1, 0.15) is 72.8 Å². The van der Waals surface area contributed by atoms with E-state index in [2.05, 4.69) is 105 Å². The van der Waals surface area contributed by atoms with Crippen LogP contribution >= 0.6 is 22.6 Å². The SMILES string of the molecule is CCC1=C(C)C2=NC1=CC1=C(C)C3=C(O)CC(=C4NC(=CC5=NC(=C2)C(C(C)OCc2cccc(I)c2)=C5C)[C@@H](C)[C@@H]4CCC(=O)OC)C3=N1. The fourth-order valence-corrected chi connectivity index (χ4v) is 8.55. The number of carbonyl (C=O) groups excluding carboxylic acids is 1. The zero-order valence-corrected chi connectivity index (χ0v) is 31.9. The Bertz CT molecular complexity index is 2080. The molecular weight excluding hydrogens is 739 g/mol. The summed E-state index contributed by atoms with van der Waals surface area (Å²) in [4.78, 5) is 27.9. The summed E-state index contributed by atoms with van der Waals surface area (Å²) in [6.07, 6.45) is 8.19. The molecule has 50 heavy (non-hydrogen) atoms. The van der Waals surface area contributed by atoms with Gasteiger partial charge in [-0.2, -0.15) is 0 Å². The van der Waals surface area contributed by atoms with Gasteiger partial charge >= 0.3 is 5.97 Å². The molecule has 5 heterocycles. The Morgan fingerprint density at radius 3 is 2.56 bits per heavy atom. The summed E-state index contributed by atoms with van der Waals surface area (Å²) in [5.41, 5.74) is 15.3. The third kappa shape index (κ3) is 6.02. The van der Waals surface area contributed by atoms with E-state index < -0.39 is 0 Å². The minimum absolute atomic E-state index is 0.000800. The van der Waals surface area contributed by atoms with Gasteiger partial charge in [-0.1, -0.05) is 26.0 Å². The highest BCUT2D eigenvalue weighted by molar-refractivity contribution is 14.1. The topological polar surface area (TPSA) is 105 Å². The van der Waals surface area contributed by atoms with Crippen LogP contribution in [-0.2, 0) is 20.9 Å². The molecule has 0 saturated carbocycles. The number of nitrogens with one attached hydrogen (secondary N) is 1. The van der Waals surface area contributed by atoms with Gasteiger partial charge in [-0.25, -0.2) is 15.0 Å². The lowest BCUT2D eigenvalue weighted by Gasteiger charge is -2.17. The maximum Gasteiger partial charge on any atom is 0.305 e. The van der Waals surface area contributed by atoms with E-state index in [1.807, 2.05) is 6.92 Å². The van der Waals surface area contributed by atoms with E-state index in [0.29, 0.717) is 31.6 Å². The van der Waals surface area contributed by atoms with Crippen LogP contribution < -0.4 is 5.32 Å². The average Bonchev–Trinajstić information content (AvgIpc) is 3.85. The quantitative estimate of drug-likeness (QED) is 0.203. The third-order valence-electron chi connectivity index (χ3n) is 10.8. The minimum atomic E-state index is -0.237. The Labute approximate surface area is 307 Å². The van der Waals surface area contributed by atoms with Gasteiger partial charge in [-0.3, -0.25) is 4.79 Å². The highest BCUT2D eigenvalue weighted by Gasteiger charge is 2.41. The molecule has 8 nitrogen and oxygen atoms in total. The second-order valence-electron chi connectivity index (χ2n) is 13.7. The molecular formula is C41H43IN4O4. The predicted octanol–water partition coefficient (Wildman–Crippen LogP) is 8.82. The highest BCUT2D eigenvalue weighted by Crippen LogP contribution is 2.46. The number of fused-ring (bicyclic) bond motifs is 5. The number of aliphatic hydroxyl groups excluding tert-OH is 1. The number of ether oxygens (including phenoxy) is 2. The second-order valence-corrected chi connectivity index (χ2v) is 15.0. The van der Waals surface area contributed by atoms with Crippen molar-refractivity contribution in [3.05, 3.63) is 125 Å². The molecule has 6 aliphatic rings. The standard InChI is InChI=1S/C41H43IN4O4/c1-8-27-20(2)30-18-35-38(24(6)50-19-25-10-9-11-26(42)14-25)22(4)32(44-35)16-31-21(3)28(12-13-37(48)49-7)40(45-31)29-15-36(47)39-23(5)33(46-41(29)39)17-34(27)43-30/h9-11,14,16-18,21,24,28,45,47H,8,12-13,15,19H2,1-7H3/t21-,24?,28-/m0/s1. The Kier molecular flexibility index (Phi) is 9.32. The van der Waals surface area contributed by atoms with Crippen LogP contribution in [0.5, 0.6) is 0 Å². The summed E-state index contributed by atoms with van der Waals surface area (Å²) in [5.74, 6) is 0.143. The Hall–Kier alpha value is -4.09. The molecule has 1 unspecified atom stereocenters. The van der Waals surface area contributed by atoms with Crippen molar-refractivity contribution in [1.82, 2.24) is 5.32 Å². The van der Waals surface area contributed by atoms with Crippen molar-refractivity contribution in [2.45, 2.75) is 79.9 Å². The summed E-state index contributed by atoms with van der Waals surface area (Å²) in [5, 5.41) is 15.1. The van der Waals surface area contributed by atoms with Gasteiger partial charge in [0.05, 0.1) is 54.0 Å². The number of methoxy groups -OCH3 is 1. The number of esters is 1.